The number of ether oxygens (including phenoxy) is 2. The van der Waals surface area contributed by atoms with Gasteiger partial charge in [-0.3, -0.25) is 0 Å². The molecular formula is C22H25Cl2NO2. The highest BCUT2D eigenvalue weighted by Crippen LogP contribution is 2.29. The molecule has 0 unspecified atom stereocenters. The number of nitrogens with one attached hydrogen (secondary N) is 1. The van der Waals surface area contributed by atoms with E-state index in [4.69, 9.17) is 21.1 Å². The van der Waals surface area contributed by atoms with Gasteiger partial charge in [-0.1, -0.05) is 54.1 Å². The zero-order chi connectivity index (χ0) is 18.2. The summed E-state index contributed by atoms with van der Waals surface area (Å²) in [6.45, 7) is 2.96. The highest BCUT2D eigenvalue weighted by molar-refractivity contribution is 6.30. The molecule has 3 aromatic rings. The third-order valence-corrected chi connectivity index (χ3v) is 4.56. The van der Waals surface area contributed by atoms with Crippen LogP contribution in [0, 0.1) is 0 Å². The molecule has 0 aliphatic rings. The van der Waals surface area contributed by atoms with E-state index in [2.05, 4.69) is 41.7 Å². The molecule has 0 aliphatic carbocycles. The molecule has 0 aliphatic heterocycles. The zero-order valence-electron chi connectivity index (χ0n) is 15.4. The number of hydrogen-bond donors (Lipinski definition) is 1. The van der Waals surface area contributed by atoms with Gasteiger partial charge in [-0.2, -0.15) is 0 Å². The predicted molar refractivity (Wildman–Crippen MR) is 115 cm³/mol. The van der Waals surface area contributed by atoms with Crippen LogP contribution in [0.5, 0.6) is 5.75 Å². The topological polar surface area (TPSA) is 30.5 Å². The molecule has 3 rings (SSSR count). The first-order chi connectivity index (χ1) is 12.8. The van der Waals surface area contributed by atoms with Gasteiger partial charge in [-0.25, -0.2) is 0 Å². The third kappa shape index (κ3) is 6.12. The third-order valence-electron chi connectivity index (χ3n) is 4.31. The molecule has 0 saturated carbocycles. The second-order valence-corrected chi connectivity index (χ2v) is 6.64. The molecule has 0 heterocycles. The van der Waals surface area contributed by atoms with Gasteiger partial charge in [-0.15, -0.1) is 12.4 Å². The van der Waals surface area contributed by atoms with Gasteiger partial charge in [0.1, 0.15) is 12.4 Å². The van der Waals surface area contributed by atoms with Gasteiger partial charge in [0, 0.05) is 30.8 Å². The van der Waals surface area contributed by atoms with Crippen molar-refractivity contribution < 1.29 is 9.47 Å². The van der Waals surface area contributed by atoms with Crippen LogP contribution in [0.15, 0.2) is 60.7 Å². The first-order valence-corrected chi connectivity index (χ1v) is 9.23. The fourth-order valence-corrected chi connectivity index (χ4v) is 3.06. The Bertz CT molecular complexity index is 837. The Kier molecular flexibility index (Phi) is 8.89. The van der Waals surface area contributed by atoms with Crippen LogP contribution in [0.1, 0.15) is 17.5 Å². The van der Waals surface area contributed by atoms with Gasteiger partial charge in [0.05, 0.1) is 0 Å². The summed E-state index contributed by atoms with van der Waals surface area (Å²) in [7, 11) is 1.73. The minimum absolute atomic E-state index is 0. The quantitative estimate of drug-likeness (QED) is 0.468. The molecule has 3 aromatic carbocycles. The standard InChI is InChI=1S/C22H24ClNO2.ClH/c1-25-14-4-13-24-15-21-20-6-3-2-5-18(20)9-12-22(21)26-16-17-7-10-19(23)11-8-17;/h2-3,5-12,24H,4,13-16H2,1H3;1H. The van der Waals surface area contributed by atoms with Crippen LogP contribution >= 0.6 is 24.0 Å². The van der Waals surface area contributed by atoms with Crippen LogP contribution < -0.4 is 10.1 Å². The van der Waals surface area contributed by atoms with E-state index in [1.807, 2.05) is 24.3 Å². The van der Waals surface area contributed by atoms with E-state index in [1.54, 1.807) is 7.11 Å². The molecule has 27 heavy (non-hydrogen) atoms. The zero-order valence-corrected chi connectivity index (χ0v) is 17.0. The van der Waals surface area contributed by atoms with E-state index in [-0.39, 0.29) is 12.4 Å². The summed E-state index contributed by atoms with van der Waals surface area (Å²) in [5, 5.41) is 6.68. The Balaban J connectivity index is 0.00000261. The minimum Gasteiger partial charge on any atom is -0.489 e. The summed E-state index contributed by atoms with van der Waals surface area (Å²) < 4.78 is 11.3. The van der Waals surface area contributed by atoms with Crippen molar-refractivity contribution in [3.8, 4) is 5.75 Å². The van der Waals surface area contributed by atoms with E-state index in [1.165, 1.54) is 16.3 Å². The number of methoxy groups -OCH3 is 1. The summed E-state index contributed by atoms with van der Waals surface area (Å²) in [6, 6.07) is 20.3. The lowest BCUT2D eigenvalue weighted by molar-refractivity contribution is 0.194. The van der Waals surface area contributed by atoms with Gasteiger partial charge in [0.15, 0.2) is 0 Å². The van der Waals surface area contributed by atoms with E-state index >= 15 is 0 Å². The van der Waals surface area contributed by atoms with Gasteiger partial charge >= 0.3 is 0 Å². The number of hydrogen-bond acceptors (Lipinski definition) is 3. The average molecular weight is 406 g/mol. The number of benzene rings is 3. The molecule has 0 aromatic heterocycles. The molecule has 0 saturated heterocycles. The fourth-order valence-electron chi connectivity index (χ4n) is 2.93. The lowest BCUT2D eigenvalue weighted by Gasteiger charge is -2.15. The number of rotatable bonds is 9. The summed E-state index contributed by atoms with van der Waals surface area (Å²) >= 11 is 5.95. The maximum atomic E-state index is 6.14. The van der Waals surface area contributed by atoms with Crippen LogP contribution in [-0.4, -0.2) is 20.3 Å². The molecule has 0 spiro atoms. The van der Waals surface area contributed by atoms with Crippen molar-refractivity contribution in [1.29, 1.82) is 0 Å². The normalized spacial score (nSPS) is 10.6. The largest absolute Gasteiger partial charge is 0.489 e. The van der Waals surface area contributed by atoms with Crippen molar-refractivity contribution in [2.45, 2.75) is 19.6 Å². The van der Waals surface area contributed by atoms with E-state index in [0.29, 0.717) is 6.61 Å². The van der Waals surface area contributed by atoms with Gasteiger partial charge in [0.2, 0.25) is 0 Å². The Morgan fingerprint density at radius 1 is 0.963 bits per heavy atom. The first kappa shape index (κ1) is 21.5. The van der Waals surface area contributed by atoms with Crippen molar-refractivity contribution in [3.63, 3.8) is 0 Å². The fraction of sp³-hybridized carbons (Fsp3) is 0.273. The smallest absolute Gasteiger partial charge is 0.124 e. The molecule has 144 valence electrons. The molecule has 0 atom stereocenters. The molecule has 3 nitrogen and oxygen atoms in total. The molecule has 0 fully saturated rings. The highest BCUT2D eigenvalue weighted by Gasteiger charge is 2.09. The number of halogens is 2. The summed E-state index contributed by atoms with van der Waals surface area (Å²) in [5.74, 6) is 0.915. The molecular weight excluding hydrogens is 381 g/mol. The lowest BCUT2D eigenvalue weighted by atomic mass is 10.0. The van der Waals surface area contributed by atoms with Crippen LogP contribution in [0.4, 0.5) is 0 Å². The summed E-state index contributed by atoms with van der Waals surface area (Å²) in [6.07, 6.45) is 0.988. The van der Waals surface area contributed by atoms with Crippen LogP contribution in [-0.2, 0) is 17.9 Å². The van der Waals surface area contributed by atoms with Gasteiger partial charge in [-0.05, 0) is 47.5 Å². The SMILES string of the molecule is COCCCNCc1c(OCc2ccc(Cl)cc2)ccc2ccccc12.Cl. The molecule has 1 N–H and O–H groups in total. The van der Waals surface area contributed by atoms with Crippen molar-refractivity contribution in [3.05, 3.63) is 76.8 Å². The first-order valence-electron chi connectivity index (χ1n) is 8.85. The second-order valence-electron chi connectivity index (χ2n) is 6.20. The van der Waals surface area contributed by atoms with Crippen molar-refractivity contribution in [1.82, 2.24) is 5.32 Å². The highest BCUT2D eigenvalue weighted by atomic mass is 35.5. The Hall–Kier alpha value is -1.78. The molecule has 0 radical (unpaired) electrons. The Morgan fingerprint density at radius 3 is 2.52 bits per heavy atom. The van der Waals surface area contributed by atoms with Crippen LogP contribution in [0.3, 0.4) is 0 Å². The van der Waals surface area contributed by atoms with Gasteiger partial charge in [0.25, 0.3) is 0 Å². The van der Waals surface area contributed by atoms with E-state index < -0.39 is 0 Å². The summed E-state index contributed by atoms with van der Waals surface area (Å²) in [4.78, 5) is 0. The van der Waals surface area contributed by atoms with Gasteiger partial charge < -0.3 is 14.8 Å². The maximum Gasteiger partial charge on any atom is 0.124 e. The van der Waals surface area contributed by atoms with Crippen LogP contribution in [0.25, 0.3) is 10.8 Å². The molecule has 5 heteroatoms. The summed E-state index contributed by atoms with van der Waals surface area (Å²) in [5.41, 5.74) is 2.29. The van der Waals surface area contributed by atoms with E-state index in [0.717, 1.165) is 42.5 Å². The second kappa shape index (κ2) is 11.2. The predicted octanol–water partition coefficient (Wildman–Crippen LogP) is 5.62. The number of fused-ring (bicyclic) bond motifs is 1. The van der Waals surface area contributed by atoms with Crippen molar-refractivity contribution in [2.24, 2.45) is 0 Å². The average Bonchev–Trinajstić information content (AvgIpc) is 2.68. The van der Waals surface area contributed by atoms with Crippen molar-refractivity contribution in [2.75, 3.05) is 20.3 Å². The van der Waals surface area contributed by atoms with Crippen LogP contribution in [0.2, 0.25) is 5.02 Å². The minimum atomic E-state index is 0. The lowest BCUT2D eigenvalue weighted by Crippen LogP contribution is -2.17. The maximum absolute atomic E-state index is 6.14. The monoisotopic (exact) mass is 405 g/mol. The van der Waals surface area contributed by atoms with Crippen molar-refractivity contribution >= 4 is 34.8 Å². The Labute approximate surface area is 172 Å². The molecule has 0 amide bonds. The Morgan fingerprint density at radius 2 is 1.74 bits per heavy atom. The molecule has 0 bridgehead atoms. The van der Waals surface area contributed by atoms with E-state index in [9.17, 15) is 0 Å².